The number of halogens is 3. The van der Waals surface area contributed by atoms with Crippen molar-refractivity contribution in [2.24, 2.45) is 0 Å². The number of β-amino-alcohol motifs (C(OH)–C–C–N with tert-alkyl or cyclic N) is 1. The molecule has 10 heteroatoms. The molecule has 0 aliphatic carbocycles. The summed E-state index contributed by atoms with van der Waals surface area (Å²) in [5.41, 5.74) is -0.253. The first kappa shape index (κ1) is 23.3. The first-order valence-electron chi connectivity index (χ1n) is 9.92. The smallest absolute Gasteiger partial charge is 0.391 e. The van der Waals surface area contributed by atoms with E-state index in [9.17, 15) is 28.3 Å². The zero-order valence-corrected chi connectivity index (χ0v) is 18.2. The molecular weight excluding hydrogens is 423 g/mol. The van der Waals surface area contributed by atoms with Gasteiger partial charge in [0.25, 0.3) is 0 Å². The van der Waals surface area contributed by atoms with Crippen LogP contribution in [0.4, 0.5) is 30.5 Å². The van der Waals surface area contributed by atoms with Crippen molar-refractivity contribution in [3.63, 3.8) is 0 Å². The number of anilines is 3. The van der Waals surface area contributed by atoms with Crippen LogP contribution in [-0.4, -0.2) is 55.8 Å². The number of alkyl halides is 3. The third-order valence-electron chi connectivity index (χ3n) is 5.42. The van der Waals surface area contributed by atoms with Crippen LogP contribution in [0.2, 0.25) is 0 Å². The van der Waals surface area contributed by atoms with Gasteiger partial charge in [0.05, 0.1) is 11.7 Å². The minimum Gasteiger partial charge on any atom is -0.391 e. The number of nitriles is 1. The van der Waals surface area contributed by atoms with Gasteiger partial charge in [-0.1, -0.05) is 12.1 Å². The second-order valence-electron chi connectivity index (χ2n) is 8.02. The van der Waals surface area contributed by atoms with E-state index in [1.807, 2.05) is 13.0 Å². The number of carbonyl (C=O) groups excluding carboxylic acids is 1. The average molecular weight is 447 g/mol. The lowest BCUT2D eigenvalue weighted by Gasteiger charge is -2.30. The highest BCUT2D eigenvalue weighted by Gasteiger charge is 2.43. The Kier molecular flexibility index (Phi) is 6.32. The number of aryl methyl sites for hydroxylation is 1. The Labute approximate surface area is 184 Å². The van der Waals surface area contributed by atoms with Crippen LogP contribution in [0.25, 0.3) is 0 Å². The molecule has 1 N–H and O–H groups in total. The van der Waals surface area contributed by atoms with E-state index in [1.54, 1.807) is 31.3 Å². The maximum absolute atomic E-state index is 13.7. The Hall–Kier alpha value is -3.32. The molecule has 1 unspecified atom stereocenters. The topological polar surface area (TPSA) is 83.7 Å². The third kappa shape index (κ3) is 4.48. The third-order valence-corrected chi connectivity index (χ3v) is 5.42. The molecule has 2 heterocycles. The molecule has 3 rings (SSSR count). The Morgan fingerprint density at radius 3 is 2.53 bits per heavy atom. The molecule has 1 saturated heterocycles. The number of hydrogen-bond acceptors (Lipinski definition) is 6. The van der Waals surface area contributed by atoms with Crippen LogP contribution in [0.15, 0.2) is 30.3 Å². The van der Waals surface area contributed by atoms with Crippen LogP contribution in [0.3, 0.4) is 0 Å². The monoisotopic (exact) mass is 447 g/mol. The highest BCUT2D eigenvalue weighted by molar-refractivity contribution is 5.99. The van der Waals surface area contributed by atoms with E-state index >= 15 is 0 Å². The summed E-state index contributed by atoms with van der Waals surface area (Å²) in [5, 5.41) is 19.9. The van der Waals surface area contributed by atoms with Crippen LogP contribution in [0, 0.1) is 18.3 Å². The van der Waals surface area contributed by atoms with Crippen LogP contribution < -0.4 is 14.7 Å². The van der Waals surface area contributed by atoms with E-state index in [4.69, 9.17) is 0 Å². The number of pyridine rings is 1. The molecule has 170 valence electrons. The number of nitrogens with zero attached hydrogens (tertiary/aromatic N) is 5. The number of likely N-dealkylation sites (N-methyl/N-ethyl adjacent to an activating group) is 1. The van der Waals surface area contributed by atoms with Gasteiger partial charge in [0.15, 0.2) is 0 Å². The van der Waals surface area contributed by atoms with Crippen molar-refractivity contribution in [1.29, 1.82) is 5.26 Å². The van der Waals surface area contributed by atoms with Crippen molar-refractivity contribution in [1.82, 2.24) is 4.98 Å². The fourth-order valence-corrected chi connectivity index (χ4v) is 3.76. The number of aliphatic hydroxyl groups is 1. The molecule has 2 aromatic rings. The predicted octanol–water partition coefficient (Wildman–Crippen LogP) is 2.95. The lowest BCUT2D eigenvalue weighted by molar-refractivity contribution is -0.137. The number of hydrogen-bond donors (Lipinski definition) is 1. The summed E-state index contributed by atoms with van der Waals surface area (Å²) in [4.78, 5) is 21.7. The predicted molar refractivity (Wildman–Crippen MR) is 115 cm³/mol. The van der Waals surface area contributed by atoms with E-state index in [-0.39, 0.29) is 24.6 Å². The summed E-state index contributed by atoms with van der Waals surface area (Å²) in [6.07, 6.45) is -5.74. The number of benzene rings is 1. The Morgan fingerprint density at radius 2 is 1.97 bits per heavy atom. The van der Waals surface area contributed by atoms with Crippen molar-refractivity contribution >= 4 is 23.2 Å². The molecule has 1 amide bonds. The molecule has 2 atom stereocenters. The van der Waals surface area contributed by atoms with E-state index in [0.29, 0.717) is 5.69 Å². The summed E-state index contributed by atoms with van der Waals surface area (Å²) in [6, 6.07) is 8.66. The molecular formula is C22H24F3N5O2. The lowest BCUT2D eigenvalue weighted by atomic mass is 10.1. The number of rotatable bonds is 4. The van der Waals surface area contributed by atoms with E-state index < -0.39 is 35.4 Å². The second-order valence-corrected chi connectivity index (χ2v) is 8.02. The molecule has 1 aliphatic rings. The van der Waals surface area contributed by atoms with Gasteiger partial charge >= 0.3 is 6.18 Å². The molecule has 0 saturated carbocycles. The Balaban J connectivity index is 2.10. The molecule has 1 aromatic heterocycles. The van der Waals surface area contributed by atoms with Crippen LogP contribution in [0.5, 0.6) is 0 Å². The minimum absolute atomic E-state index is 0.00838. The highest BCUT2D eigenvalue weighted by Crippen LogP contribution is 2.39. The zero-order valence-electron chi connectivity index (χ0n) is 18.2. The van der Waals surface area contributed by atoms with E-state index in [1.165, 1.54) is 28.8 Å². The fraction of sp³-hybridized carbons (Fsp3) is 0.409. The normalized spacial score (nSPS) is 18.4. The van der Waals surface area contributed by atoms with E-state index in [2.05, 4.69) is 4.98 Å². The van der Waals surface area contributed by atoms with Crippen LogP contribution >= 0.6 is 0 Å². The largest absolute Gasteiger partial charge is 0.417 e. The quantitative estimate of drug-likeness (QED) is 0.776. The van der Waals surface area contributed by atoms with Gasteiger partial charge in [-0.25, -0.2) is 4.98 Å². The summed E-state index contributed by atoms with van der Waals surface area (Å²) < 4.78 is 41.2. The van der Waals surface area contributed by atoms with Gasteiger partial charge < -0.3 is 19.8 Å². The zero-order chi connectivity index (χ0) is 23.8. The van der Waals surface area contributed by atoms with Gasteiger partial charge in [-0.3, -0.25) is 4.79 Å². The van der Waals surface area contributed by atoms with Crippen molar-refractivity contribution in [3.05, 3.63) is 47.0 Å². The van der Waals surface area contributed by atoms with Gasteiger partial charge in [0.1, 0.15) is 29.3 Å². The molecule has 0 radical (unpaired) electrons. The summed E-state index contributed by atoms with van der Waals surface area (Å²) in [6.45, 7) is 1.76. The van der Waals surface area contributed by atoms with E-state index in [0.717, 1.165) is 11.6 Å². The maximum Gasteiger partial charge on any atom is 0.417 e. The number of aromatic nitrogens is 1. The molecule has 0 bridgehead atoms. The van der Waals surface area contributed by atoms with Gasteiger partial charge in [0, 0.05) is 39.8 Å². The average Bonchev–Trinajstić information content (AvgIpc) is 3.12. The van der Waals surface area contributed by atoms with Gasteiger partial charge in [-0.15, -0.1) is 0 Å². The summed E-state index contributed by atoms with van der Waals surface area (Å²) in [7, 11) is 4.63. The molecule has 7 nitrogen and oxygen atoms in total. The van der Waals surface area contributed by atoms with Crippen molar-refractivity contribution < 1.29 is 23.1 Å². The number of aliphatic hydroxyl groups excluding tert-OH is 1. The second kappa shape index (κ2) is 8.67. The summed E-state index contributed by atoms with van der Waals surface area (Å²) >= 11 is 0. The molecule has 32 heavy (non-hydrogen) atoms. The number of carbonyl (C=O) groups is 1. The first-order valence-corrected chi connectivity index (χ1v) is 9.92. The van der Waals surface area contributed by atoms with Crippen molar-refractivity contribution in [2.75, 3.05) is 42.4 Å². The first-order chi connectivity index (χ1) is 14.9. The fourth-order valence-electron chi connectivity index (χ4n) is 3.76. The van der Waals surface area contributed by atoms with Gasteiger partial charge in [0.2, 0.25) is 5.91 Å². The molecule has 1 aliphatic heterocycles. The standard InChI is InChI=1S/C22H24F3N5O2/c1-13-6-5-7-14(8-13)29(4)21(32)18-9-15(31)12-30(18)20-16(11-26)17(22(23,24)25)10-19(27-20)28(2)3/h5-8,10,15,18,31H,9,12H2,1-4H3/t15?,18-/m0/s1. The Morgan fingerprint density at radius 1 is 1.28 bits per heavy atom. The highest BCUT2D eigenvalue weighted by atomic mass is 19.4. The number of amides is 1. The van der Waals surface area contributed by atoms with Crippen molar-refractivity contribution in [3.8, 4) is 6.07 Å². The van der Waals surface area contributed by atoms with Gasteiger partial charge in [-0.05, 0) is 30.7 Å². The van der Waals surface area contributed by atoms with Crippen LogP contribution in [0.1, 0.15) is 23.1 Å². The van der Waals surface area contributed by atoms with Crippen LogP contribution in [-0.2, 0) is 11.0 Å². The summed E-state index contributed by atoms with van der Waals surface area (Å²) in [5.74, 6) is -0.689. The Bertz CT molecular complexity index is 1060. The van der Waals surface area contributed by atoms with Gasteiger partial charge in [-0.2, -0.15) is 18.4 Å². The SMILES string of the molecule is Cc1cccc(N(C)C(=O)[C@@H]2CC(O)CN2c2nc(N(C)C)cc(C(F)(F)F)c2C#N)c1. The molecule has 1 aromatic carbocycles. The molecule has 1 fully saturated rings. The maximum atomic E-state index is 13.7. The lowest BCUT2D eigenvalue weighted by Crippen LogP contribution is -2.45. The minimum atomic E-state index is -4.79. The van der Waals surface area contributed by atoms with Crippen molar-refractivity contribution in [2.45, 2.75) is 31.7 Å². The molecule has 0 spiro atoms.